The Morgan fingerprint density at radius 2 is 2.31 bits per heavy atom. The monoisotopic (exact) mass is 240 g/mol. The van der Waals surface area contributed by atoms with E-state index in [0.29, 0.717) is 6.54 Å². The van der Waals surface area contributed by atoms with Crippen molar-refractivity contribution in [3.05, 3.63) is 34.4 Å². The summed E-state index contributed by atoms with van der Waals surface area (Å²) in [7, 11) is 0. The van der Waals surface area contributed by atoms with E-state index < -0.39 is 0 Å². The molecule has 3 N–H and O–H groups in total. The van der Waals surface area contributed by atoms with Crippen LogP contribution in [0.4, 0.5) is 0 Å². The molecule has 0 aliphatic carbocycles. The number of hydrogen-bond donors (Lipinski definition) is 3. The lowest BCUT2D eigenvalue weighted by molar-refractivity contribution is 0.161. The highest BCUT2D eigenvalue weighted by molar-refractivity contribution is 9.10. The first-order valence-corrected chi connectivity index (χ1v) is 4.73. The molecule has 0 aliphatic rings. The Morgan fingerprint density at radius 3 is 3.08 bits per heavy atom. The molecule has 2 aromatic rings. The molecule has 0 unspecified atom stereocenters. The second-order valence-corrected chi connectivity index (χ2v) is 3.67. The van der Waals surface area contributed by atoms with Gasteiger partial charge in [-0.05, 0) is 27.6 Å². The van der Waals surface area contributed by atoms with E-state index >= 15 is 0 Å². The van der Waals surface area contributed by atoms with Crippen molar-refractivity contribution in [2.24, 2.45) is 0 Å². The SMILES string of the molecule is ONCc1c[nH]c2c(Br)cccc12. The minimum atomic E-state index is 0.455. The molecule has 1 aromatic carbocycles. The maximum Gasteiger partial charge on any atom is 0.0601 e. The number of para-hydroxylation sites is 1. The van der Waals surface area contributed by atoms with E-state index in [9.17, 15) is 0 Å². The zero-order valence-corrected chi connectivity index (χ0v) is 8.43. The van der Waals surface area contributed by atoms with Gasteiger partial charge in [0, 0.05) is 22.6 Å². The van der Waals surface area contributed by atoms with Gasteiger partial charge in [-0.3, -0.25) is 0 Å². The van der Waals surface area contributed by atoms with Crippen molar-refractivity contribution >= 4 is 26.8 Å². The first-order chi connectivity index (χ1) is 6.33. The Balaban J connectivity index is 2.61. The number of hydrogen-bond acceptors (Lipinski definition) is 2. The van der Waals surface area contributed by atoms with Crippen LogP contribution in [0.1, 0.15) is 5.56 Å². The maximum atomic E-state index is 8.59. The Hall–Kier alpha value is -0.840. The molecule has 3 nitrogen and oxygen atoms in total. The summed E-state index contributed by atoms with van der Waals surface area (Å²) in [6, 6.07) is 5.97. The molecule has 0 saturated carbocycles. The molecule has 0 fully saturated rings. The third-order valence-electron chi connectivity index (χ3n) is 2.02. The van der Waals surface area contributed by atoms with Gasteiger partial charge in [0.2, 0.25) is 0 Å². The Kier molecular flexibility index (Phi) is 2.35. The fourth-order valence-corrected chi connectivity index (χ4v) is 1.89. The molecule has 0 spiro atoms. The Bertz CT molecular complexity index is 424. The van der Waals surface area contributed by atoms with Gasteiger partial charge in [0.05, 0.1) is 5.52 Å². The summed E-state index contributed by atoms with van der Waals surface area (Å²) < 4.78 is 1.04. The smallest absolute Gasteiger partial charge is 0.0601 e. The highest BCUT2D eigenvalue weighted by atomic mass is 79.9. The largest absolute Gasteiger partial charge is 0.360 e. The molecule has 0 aliphatic heterocycles. The van der Waals surface area contributed by atoms with Gasteiger partial charge in [0.25, 0.3) is 0 Å². The van der Waals surface area contributed by atoms with Crippen molar-refractivity contribution in [1.82, 2.24) is 10.5 Å². The van der Waals surface area contributed by atoms with Crippen molar-refractivity contribution in [2.45, 2.75) is 6.54 Å². The molecule has 0 saturated heterocycles. The molecule has 1 aromatic heterocycles. The fraction of sp³-hybridized carbons (Fsp3) is 0.111. The lowest BCUT2D eigenvalue weighted by atomic mass is 10.2. The van der Waals surface area contributed by atoms with Crippen LogP contribution in [-0.2, 0) is 6.54 Å². The molecule has 0 atom stereocenters. The maximum absolute atomic E-state index is 8.59. The van der Waals surface area contributed by atoms with Gasteiger partial charge in [-0.15, -0.1) is 0 Å². The molecule has 68 valence electrons. The van der Waals surface area contributed by atoms with Crippen molar-refractivity contribution in [1.29, 1.82) is 0 Å². The molecule has 2 rings (SSSR count). The van der Waals surface area contributed by atoms with E-state index in [1.807, 2.05) is 24.4 Å². The van der Waals surface area contributed by atoms with Gasteiger partial charge in [0.15, 0.2) is 0 Å². The molecule has 4 heteroatoms. The molecule has 13 heavy (non-hydrogen) atoms. The van der Waals surface area contributed by atoms with Crippen LogP contribution < -0.4 is 5.48 Å². The molecule has 0 bridgehead atoms. The van der Waals surface area contributed by atoms with Crippen LogP contribution in [0.3, 0.4) is 0 Å². The topological polar surface area (TPSA) is 48.0 Å². The number of H-pyrrole nitrogens is 1. The van der Waals surface area contributed by atoms with Crippen LogP contribution in [0.15, 0.2) is 28.9 Å². The van der Waals surface area contributed by atoms with Crippen LogP contribution in [0.2, 0.25) is 0 Å². The first kappa shape index (κ1) is 8.74. The van der Waals surface area contributed by atoms with Gasteiger partial charge in [-0.1, -0.05) is 12.1 Å². The lowest BCUT2D eigenvalue weighted by Crippen LogP contribution is -2.04. The summed E-state index contributed by atoms with van der Waals surface area (Å²) in [6.45, 7) is 0.455. The number of aromatic amines is 1. The van der Waals surface area contributed by atoms with Gasteiger partial charge in [-0.25, -0.2) is 5.48 Å². The van der Waals surface area contributed by atoms with Gasteiger partial charge in [0.1, 0.15) is 0 Å². The average Bonchev–Trinajstić information content (AvgIpc) is 2.51. The number of fused-ring (bicyclic) bond motifs is 1. The van der Waals surface area contributed by atoms with E-state index in [4.69, 9.17) is 5.21 Å². The summed E-state index contributed by atoms with van der Waals surface area (Å²) in [5.74, 6) is 0. The van der Waals surface area contributed by atoms with E-state index in [1.165, 1.54) is 0 Å². The van der Waals surface area contributed by atoms with Crippen LogP contribution in [0.25, 0.3) is 10.9 Å². The van der Waals surface area contributed by atoms with E-state index in [0.717, 1.165) is 20.9 Å². The summed E-state index contributed by atoms with van der Waals surface area (Å²) in [4.78, 5) is 3.14. The second-order valence-electron chi connectivity index (χ2n) is 2.81. The van der Waals surface area contributed by atoms with Crippen molar-refractivity contribution < 1.29 is 5.21 Å². The highest BCUT2D eigenvalue weighted by Crippen LogP contribution is 2.25. The predicted molar refractivity (Wildman–Crippen MR) is 54.6 cm³/mol. The van der Waals surface area contributed by atoms with E-state index in [2.05, 4.69) is 26.4 Å². The number of aromatic nitrogens is 1. The third-order valence-corrected chi connectivity index (χ3v) is 2.68. The number of halogens is 1. The zero-order valence-electron chi connectivity index (χ0n) is 6.84. The highest BCUT2D eigenvalue weighted by Gasteiger charge is 2.04. The normalized spacial score (nSPS) is 10.9. The zero-order chi connectivity index (χ0) is 9.26. The first-order valence-electron chi connectivity index (χ1n) is 3.94. The number of benzene rings is 1. The van der Waals surface area contributed by atoms with Crippen LogP contribution in [-0.4, -0.2) is 10.2 Å². The van der Waals surface area contributed by atoms with Gasteiger partial charge >= 0.3 is 0 Å². The fourth-order valence-electron chi connectivity index (χ4n) is 1.41. The molecule has 0 amide bonds. The average molecular weight is 241 g/mol. The predicted octanol–water partition coefficient (Wildman–Crippen LogP) is 2.41. The Morgan fingerprint density at radius 1 is 1.46 bits per heavy atom. The summed E-state index contributed by atoms with van der Waals surface area (Å²) in [6.07, 6.45) is 1.89. The van der Waals surface area contributed by atoms with Crippen molar-refractivity contribution in [3.63, 3.8) is 0 Å². The molecule has 1 heterocycles. The van der Waals surface area contributed by atoms with Crippen molar-refractivity contribution in [3.8, 4) is 0 Å². The standard InChI is InChI=1S/C9H9BrN2O/c10-8-3-1-2-7-6(5-12-13)4-11-9(7)8/h1-4,11-13H,5H2. The van der Waals surface area contributed by atoms with Crippen LogP contribution >= 0.6 is 15.9 Å². The van der Waals surface area contributed by atoms with E-state index in [1.54, 1.807) is 0 Å². The number of nitrogens with one attached hydrogen (secondary N) is 2. The lowest BCUT2D eigenvalue weighted by Gasteiger charge is -1.96. The molecular weight excluding hydrogens is 232 g/mol. The van der Waals surface area contributed by atoms with Crippen molar-refractivity contribution in [2.75, 3.05) is 0 Å². The van der Waals surface area contributed by atoms with Crippen LogP contribution in [0, 0.1) is 0 Å². The molecular formula is C9H9BrN2O. The summed E-state index contributed by atoms with van der Waals surface area (Å²) in [5.41, 5.74) is 4.26. The van der Waals surface area contributed by atoms with Crippen LogP contribution in [0.5, 0.6) is 0 Å². The van der Waals surface area contributed by atoms with E-state index in [-0.39, 0.29) is 0 Å². The second kappa shape index (κ2) is 3.49. The number of hydroxylamine groups is 1. The summed E-state index contributed by atoms with van der Waals surface area (Å²) >= 11 is 3.45. The minimum absolute atomic E-state index is 0.455. The van der Waals surface area contributed by atoms with Gasteiger partial charge < -0.3 is 10.2 Å². The molecule has 0 radical (unpaired) electrons. The number of rotatable bonds is 2. The summed E-state index contributed by atoms with van der Waals surface area (Å²) in [5, 5.41) is 9.71. The minimum Gasteiger partial charge on any atom is -0.360 e. The Labute approximate surface area is 83.9 Å². The van der Waals surface area contributed by atoms with Gasteiger partial charge in [-0.2, -0.15) is 0 Å². The third kappa shape index (κ3) is 1.48. The quantitative estimate of drug-likeness (QED) is 0.707.